The Labute approximate surface area is 98.3 Å². The number of aliphatic hydroxyl groups is 1. The van der Waals surface area contributed by atoms with E-state index in [0.29, 0.717) is 11.1 Å². The maximum atomic E-state index is 12.9. The van der Waals surface area contributed by atoms with Gasteiger partial charge in [0.05, 0.1) is 0 Å². The molecular weight excluding hydrogens is 231 g/mol. The van der Waals surface area contributed by atoms with Gasteiger partial charge in [-0.15, -0.1) is 0 Å². The normalized spacial score (nSPS) is 15.7. The molecule has 0 heterocycles. The van der Waals surface area contributed by atoms with Crippen LogP contribution in [0.3, 0.4) is 0 Å². The van der Waals surface area contributed by atoms with Crippen LogP contribution in [0.5, 0.6) is 0 Å². The summed E-state index contributed by atoms with van der Waals surface area (Å²) in [6.45, 7) is 3.15. The van der Waals surface area contributed by atoms with Gasteiger partial charge in [0, 0.05) is 6.42 Å². The van der Waals surface area contributed by atoms with Crippen molar-refractivity contribution in [3.8, 4) is 0 Å². The van der Waals surface area contributed by atoms with E-state index in [1.54, 1.807) is 19.9 Å². The molecule has 0 aliphatic rings. The Morgan fingerprint density at radius 3 is 1.94 bits per heavy atom. The summed E-state index contributed by atoms with van der Waals surface area (Å²) in [5.41, 5.74) is 3.52. The maximum absolute atomic E-state index is 12.9. The van der Waals surface area contributed by atoms with Crippen LogP contribution < -0.4 is 5.73 Å². The van der Waals surface area contributed by atoms with Crippen LogP contribution in [-0.4, -0.2) is 17.8 Å². The molecule has 0 fully saturated rings. The summed E-state index contributed by atoms with van der Waals surface area (Å²) in [6, 6.07) is 4.44. The lowest BCUT2D eigenvalue weighted by Crippen LogP contribution is -2.44. The number of halogens is 3. The highest BCUT2D eigenvalue weighted by Crippen LogP contribution is 2.41. The summed E-state index contributed by atoms with van der Waals surface area (Å²) in [6.07, 6.45) is -5.27. The molecule has 1 rings (SSSR count). The van der Waals surface area contributed by atoms with Gasteiger partial charge in [0.2, 0.25) is 0 Å². The monoisotopic (exact) mass is 247 g/mol. The number of hydrogen-bond acceptors (Lipinski definition) is 2. The predicted molar refractivity (Wildman–Crippen MR) is 59.5 cm³/mol. The molecule has 1 atom stereocenters. The Hall–Kier alpha value is -1.07. The fraction of sp³-hybridized carbons (Fsp3) is 0.500. The number of alkyl halides is 3. The van der Waals surface area contributed by atoms with Crippen molar-refractivity contribution in [3.05, 3.63) is 34.9 Å². The van der Waals surface area contributed by atoms with Crippen LogP contribution in [0.2, 0.25) is 0 Å². The van der Waals surface area contributed by atoms with Gasteiger partial charge in [-0.2, -0.15) is 13.2 Å². The number of rotatable bonds is 3. The molecule has 0 aliphatic carbocycles. The Kier molecular flexibility index (Phi) is 3.84. The Bertz CT molecular complexity index is 383. The molecule has 0 bridgehead atoms. The second kappa shape index (κ2) is 4.66. The van der Waals surface area contributed by atoms with Crippen LogP contribution in [-0.2, 0) is 5.60 Å². The van der Waals surface area contributed by atoms with Crippen molar-refractivity contribution in [1.29, 1.82) is 0 Å². The van der Waals surface area contributed by atoms with E-state index in [-0.39, 0.29) is 12.1 Å². The zero-order chi connectivity index (χ0) is 13.3. The van der Waals surface area contributed by atoms with E-state index < -0.39 is 18.2 Å². The second-order valence-electron chi connectivity index (χ2n) is 4.27. The van der Waals surface area contributed by atoms with E-state index in [0.717, 1.165) is 0 Å². The average molecular weight is 247 g/mol. The first kappa shape index (κ1) is 14.0. The number of benzene rings is 1. The first-order chi connectivity index (χ1) is 7.70. The van der Waals surface area contributed by atoms with E-state index in [4.69, 9.17) is 5.73 Å². The standard InChI is InChI=1S/C12H16F3NO/c1-8-5-9(2)7-10(6-8)11(17,3-4-16)12(13,14)15/h5-7,17H,3-4,16H2,1-2H3. The minimum absolute atomic E-state index is 0.145. The van der Waals surface area contributed by atoms with Crippen LogP contribution >= 0.6 is 0 Å². The zero-order valence-corrected chi connectivity index (χ0v) is 9.80. The summed E-state index contributed by atoms with van der Waals surface area (Å²) in [5, 5.41) is 9.86. The van der Waals surface area contributed by atoms with Crippen LogP contribution in [0.4, 0.5) is 13.2 Å². The second-order valence-corrected chi connectivity index (χ2v) is 4.27. The zero-order valence-electron chi connectivity index (χ0n) is 9.80. The molecule has 0 spiro atoms. The van der Waals surface area contributed by atoms with Gasteiger partial charge < -0.3 is 10.8 Å². The third-order valence-corrected chi connectivity index (χ3v) is 2.67. The first-order valence-electron chi connectivity index (χ1n) is 5.28. The molecule has 0 saturated heterocycles. The van der Waals surface area contributed by atoms with E-state index in [9.17, 15) is 18.3 Å². The number of hydrogen-bond donors (Lipinski definition) is 2. The molecule has 1 unspecified atom stereocenters. The van der Waals surface area contributed by atoms with Crippen molar-refractivity contribution in [2.24, 2.45) is 5.73 Å². The van der Waals surface area contributed by atoms with Gasteiger partial charge in [-0.1, -0.05) is 29.3 Å². The Balaban J connectivity index is 3.32. The number of nitrogens with two attached hydrogens (primary N) is 1. The van der Waals surface area contributed by atoms with E-state index in [1.165, 1.54) is 12.1 Å². The molecule has 0 aromatic heterocycles. The van der Waals surface area contributed by atoms with Crippen LogP contribution in [0.15, 0.2) is 18.2 Å². The van der Waals surface area contributed by atoms with Crippen LogP contribution in [0.25, 0.3) is 0 Å². The molecule has 17 heavy (non-hydrogen) atoms. The van der Waals surface area contributed by atoms with E-state index in [1.807, 2.05) is 0 Å². The van der Waals surface area contributed by atoms with E-state index >= 15 is 0 Å². The topological polar surface area (TPSA) is 46.2 Å². The van der Waals surface area contributed by atoms with Crippen molar-refractivity contribution < 1.29 is 18.3 Å². The molecule has 0 amide bonds. The lowest BCUT2D eigenvalue weighted by Gasteiger charge is -2.31. The van der Waals surface area contributed by atoms with Crippen molar-refractivity contribution in [2.75, 3.05) is 6.54 Å². The quantitative estimate of drug-likeness (QED) is 0.861. The maximum Gasteiger partial charge on any atom is 0.421 e. The molecule has 96 valence electrons. The smallest absolute Gasteiger partial charge is 0.376 e. The first-order valence-corrected chi connectivity index (χ1v) is 5.28. The minimum atomic E-state index is -4.73. The van der Waals surface area contributed by atoms with Crippen molar-refractivity contribution in [1.82, 2.24) is 0 Å². The molecule has 0 radical (unpaired) electrons. The van der Waals surface area contributed by atoms with E-state index in [2.05, 4.69) is 0 Å². The highest BCUT2D eigenvalue weighted by Gasteiger charge is 2.54. The summed E-state index contributed by atoms with van der Waals surface area (Å²) < 4.78 is 38.8. The fourth-order valence-corrected chi connectivity index (χ4v) is 1.87. The van der Waals surface area contributed by atoms with Gasteiger partial charge >= 0.3 is 6.18 Å². The van der Waals surface area contributed by atoms with Crippen LogP contribution in [0.1, 0.15) is 23.1 Å². The Morgan fingerprint density at radius 1 is 1.12 bits per heavy atom. The molecule has 1 aromatic rings. The molecule has 0 aliphatic heterocycles. The summed E-state index contributed by atoms with van der Waals surface area (Å²) in [5.74, 6) is 0. The summed E-state index contributed by atoms with van der Waals surface area (Å²) in [4.78, 5) is 0. The molecular formula is C12H16F3NO. The van der Waals surface area contributed by atoms with Gasteiger partial charge in [-0.05, 0) is 26.0 Å². The van der Waals surface area contributed by atoms with Gasteiger partial charge in [0.15, 0.2) is 5.60 Å². The molecule has 0 saturated carbocycles. The summed E-state index contributed by atoms with van der Waals surface area (Å²) >= 11 is 0. The molecule has 3 N–H and O–H groups in total. The minimum Gasteiger partial charge on any atom is -0.376 e. The highest BCUT2D eigenvalue weighted by atomic mass is 19.4. The van der Waals surface area contributed by atoms with Crippen LogP contribution in [0, 0.1) is 13.8 Å². The molecule has 1 aromatic carbocycles. The number of aryl methyl sites for hydroxylation is 2. The van der Waals surface area contributed by atoms with Gasteiger partial charge in [-0.25, -0.2) is 0 Å². The largest absolute Gasteiger partial charge is 0.421 e. The van der Waals surface area contributed by atoms with Gasteiger partial charge in [0.1, 0.15) is 0 Å². The highest BCUT2D eigenvalue weighted by molar-refractivity contribution is 5.33. The van der Waals surface area contributed by atoms with Crippen molar-refractivity contribution >= 4 is 0 Å². The molecule has 5 heteroatoms. The average Bonchev–Trinajstić information content (AvgIpc) is 2.14. The fourth-order valence-electron chi connectivity index (χ4n) is 1.87. The lowest BCUT2D eigenvalue weighted by molar-refractivity contribution is -0.268. The van der Waals surface area contributed by atoms with Crippen molar-refractivity contribution in [2.45, 2.75) is 32.0 Å². The lowest BCUT2D eigenvalue weighted by atomic mass is 9.87. The SMILES string of the molecule is Cc1cc(C)cc(C(O)(CCN)C(F)(F)F)c1. The summed E-state index contributed by atoms with van der Waals surface area (Å²) in [7, 11) is 0. The van der Waals surface area contributed by atoms with Gasteiger partial charge in [0.25, 0.3) is 0 Å². The molecule has 2 nitrogen and oxygen atoms in total. The third-order valence-electron chi connectivity index (χ3n) is 2.67. The van der Waals surface area contributed by atoms with Gasteiger partial charge in [-0.3, -0.25) is 0 Å². The predicted octanol–water partition coefficient (Wildman–Crippen LogP) is 2.40. The Morgan fingerprint density at radius 2 is 1.59 bits per heavy atom. The van der Waals surface area contributed by atoms with Crippen molar-refractivity contribution in [3.63, 3.8) is 0 Å². The third kappa shape index (κ3) is 2.79.